The van der Waals surface area contributed by atoms with E-state index in [1.54, 1.807) is 6.07 Å². The van der Waals surface area contributed by atoms with E-state index >= 15 is 0 Å². The minimum atomic E-state index is -0.529. The molecule has 9 nitrogen and oxygen atoms in total. The van der Waals surface area contributed by atoms with Crippen molar-refractivity contribution in [1.29, 1.82) is 0 Å². The summed E-state index contributed by atoms with van der Waals surface area (Å²) in [5.74, 6) is 0.232. The fourth-order valence-electron chi connectivity index (χ4n) is 5.26. The van der Waals surface area contributed by atoms with Crippen LogP contribution in [0.3, 0.4) is 0 Å². The van der Waals surface area contributed by atoms with Crippen molar-refractivity contribution in [2.24, 2.45) is 16.7 Å². The normalized spacial score (nSPS) is 21.6. The molecule has 0 aromatic carbocycles. The summed E-state index contributed by atoms with van der Waals surface area (Å²) in [6, 6.07) is 1.33. The molecule has 0 spiro atoms. The van der Waals surface area contributed by atoms with Gasteiger partial charge in [-0.15, -0.1) is 0 Å². The number of aromatic hydroxyl groups is 2. The van der Waals surface area contributed by atoms with Crippen LogP contribution < -0.4 is 16.0 Å². The van der Waals surface area contributed by atoms with Crippen LogP contribution in [-0.2, 0) is 21.5 Å². The van der Waals surface area contributed by atoms with E-state index in [1.807, 2.05) is 0 Å². The number of urea groups is 1. The number of amides is 2. The quantitative estimate of drug-likeness (QED) is 0.154. The molecule has 2 unspecified atom stereocenters. The molecular weight excluding hydrogens is 448 g/mol. The molecule has 1 aliphatic carbocycles. The Bertz CT molecular complexity index is 910. The summed E-state index contributed by atoms with van der Waals surface area (Å²) in [6.45, 7) is 18.9. The standard InChI is InChI=1S/C26H44N4O5/c1-8-21(32)35-14-12-29-23(34)28-10-9-27-11-13-30-20(31)15-19(22(30)33)24(4,5)16-25(6)17-26(25,7)18(2)3/h8,15,18,27,31,33H,1,9-14,16-17H2,2-7H3,(H2,28,29,34). The molecule has 1 aromatic rings. The van der Waals surface area contributed by atoms with Gasteiger partial charge in [0.05, 0.1) is 6.54 Å². The zero-order chi connectivity index (χ0) is 26.4. The third kappa shape index (κ3) is 6.93. The third-order valence-electron chi connectivity index (χ3n) is 7.79. The second-order valence-electron chi connectivity index (χ2n) is 11.1. The molecule has 1 saturated carbocycles. The molecule has 0 saturated heterocycles. The first-order valence-electron chi connectivity index (χ1n) is 12.4. The predicted octanol–water partition coefficient (Wildman–Crippen LogP) is 3.26. The average molecular weight is 493 g/mol. The lowest BCUT2D eigenvalue weighted by atomic mass is 9.72. The summed E-state index contributed by atoms with van der Waals surface area (Å²) in [7, 11) is 0. The number of hydrogen-bond donors (Lipinski definition) is 5. The van der Waals surface area contributed by atoms with Gasteiger partial charge in [0.2, 0.25) is 0 Å². The molecule has 2 amide bonds. The lowest BCUT2D eigenvalue weighted by Crippen LogP contribution is -2.40. The van der Waals surface area contributed by atoms with Crippen molar-refractivity contribution in [3.8, 4) is 11.8 Å². The molecule has 9 heteroatoms. The van der Waals surface area contributed by atoms with Crippen molar-refractivity contribution in [3.63, 3.8) is 0 Å². The summed E-state index contributed by atoms with van der Waals surface area (Å²) in [4.78, 5) is 22.6. The van der Waals surface area contributed by atoms with Crippen molar-refractivity contribution in [3.05, 3.63) is 24.3 Å². The Morgan fingerprint density at radius 2 is 1.86 bits per heavy atom. The van der Waals surface area contributed by atoms with Gasteiger partial charge in [0.25, 0.3) is 0 Å². The Labute approximate surface area is 209 Å². The summed E-state index contributed by atoms with van der Waals surface area (Å²) in [5, 5.41) is 29.8. The Morgan fingerprint density at radius 3 is 2.46 bits per heavy atom. The monoisotopic (exact) mass is 492 g/mol. The van der Waals surface area contributed by atoms with Crippen LogP contribution in [0, 0.1) is 16.7 Å². The van der Waals surface area contributed by atoms with Gasteiger partial charge in [0.15, 0.2) is 11.8 Å². The third-order valence-corrected chi connectivity index (χ3v) is 7.79. The first kappa shape index (κ1) is 28.6. The highest BCUT2D eigenvalue weighted by Crippen LogP contribution is 2.71. The SMILES string of the molecule is C=CC(=O)OCCNC(=O)NCCNCCn1c(O)cc(C(C)(C)CC2(C)CC2(C)C(C)C)c1O. The molecule has 0 bridgehead atoms. The summed E-state index contributed by atoms with van der Waals surface area (Å²) >= 11 is 0. The van der Waals surface area contributed by atoms with E-state index in [0.29, 0.717) is 37.5 Å². The smallest absolute Gasteiger partial charge is 0.330 e. The number of nitrogens with zero attached hydrogens (tertiary/aromatic N) is 1. The Kier molecular flexibility index (Phi) is 9.28. The molecule has 1 aliphatic rings. The van der Waals surface area contributed by atoms with Crippen LogP contribution in [-0.4, -0.2) is 59.6 Å². The highest BCUT2D eigenvalue weighted by Gasteiger charge is 2.63. The molecule has 1 aromatic heterocycles. The molecule has 35 heavy (non-hydrogen) atoms. The summed E-state index contributed by atoms with van der Waals surface area (Å²) < 4.78 is 6.29. The van der Waals surface area contributed by atoms with Crippen LogP contribution >= 0.6 is 0 Å². The highest BCUT2D eigenvalue weighted by atomic mass is 16.5. The molecule has 1 heterocycles. The number of hydrogen-bond acceptors (Lipinski definition) is 6. The Balaban J connectivity index is 1.76. The molecule has 2 atom stereocenters. The van der Waals surface area contributed by atoms with Gasteiger partial charge < -0.3 is 30.9 Å². The van der Waals surface area contributed by atoms with E-state index < -0.39 is 5.97 Å². The van der Waals surface area contributed by atoms with Crippen molar-refractivity contribution < 1.29 is 24.5 Å². The minimum absolute atomic E-state index is 0.0506. The van der Waals surface area contributed by atoms with Gasteiger partial charge in [-0.3, -0.25) is 4.57 Å². The Hall–Kier alpha value is -2.68. The number of rotatable bonds is 14. The van der Waals surface area contributed by atoms with Gasteiger partial charge in [-0.1, -0.05) is 48.1 Å². The van der Waals surface area contributed by atoms with Crippen LogP contribution in [0.15, 0.2) is 18.7 Å². The van der Waals surface area contributed by atoms with E-state index in [4.69, 9.17) is 4.74 Å². The van der Waals surface area contributed by atoms with Gasteiger partial charge in [-0.05, 0) is 35.0 Å². The van der Waals surface area contributed by atoms with Gasteiger partial charge in [0.1, 0.15) is 6.61 Å². The van der Waals surface area contributed by atoms with Crippen molar-refractivity contribution in [1.82, 2.24) is 20.5 Å². The largest absolute Gasteiger partial charge is 0.494 e. The van der Waals surface area contributed by atoms with Gasteiger partial charge >= 0.3 is 12.0 Å². The zero-order valence-electron chi connectivity index (χ0n) is 22.2. The topological polar surface area (TPSA) is 125 Å². The van der Waals surface area contributed by atoms with E-state index in [-0.39, 0.29) is 41.8 Å². The van der Waals surface area contributed by atoms with Crippen molar-refractivity contribution in [2.45, 2.75) is 66.3 Å². The fourth-order valence-corrected chi connectivity index (χ4v) is 5.26. The molecule has 0 radical (unpaired) electrons. The number of carbonyl (C=O) groups is 2. The van der Waals surface area contributed by atoms with Crippen LogP contribution in [0.1, 0.15) is 59.9 Å². The molecule has 2 rings (SSSR count). The molecule has 5 N–H and O–H groups in total. The van der Waals surface area contributed by atoms with Crippen molar-refractivity contribution in [2.75, 3.05) is 32.8 Å². The van der Waals surface area contributed by atoms with Crippen LogP contribution in [0.5, 0.6) is 11.8 Å². The second-order valence-corrected chi connectivity index (χ2v) is 11.1. The molecular formula is C26H44N4O5. The van der Waals surface area contributed by atoms with Crippen molar-refractivity contribution >= 4 is 12.0 Å². The van der Waals surface area contributed by atoms with E-state index in [1.165, 1.54) is 11.0 Å². The fraction of sp³-hybridized carbons (Fsp3) is 0.692. The maximum absolute atomic E-state index is 11.7. The minimum Gasteiger partial charge on any atom is -0.494 e. The molecule has 198 valence electrons. The zero-order valence-corrected chi connectivity index (χ0v) is 22.2. The summed E-state index contributed by atoms with van der Waals surface area (Å²) in [6.07, 6.45) is 3.18. The van der Waals surface area contributed by atoms with E-state index in [9.17, 15) is 19.8 Å². The predicted molar refractivity (Wildman–Crippen MR) is 137 cm³/mol. The molecule has 0 aliphatic heterocycles. The van der Waals surface area contributed by atoms with Gasteiger partial charge in [-0.25, -0.2) is 9.59 Å². The number of ether oxygens (including phenoxy) is 1. The first-order chi connectivity index (χ1) is 16.3. The maximum Gasteiger partial charge on any atom is 0.330 e. The van der Waals surface area contributed by atoms with Crippen LogP contribution in [0.4, 0.5) is 4.79 Å². The number of carbonyl (C=O) groups excluding carboxylic acids is 2. The highest BCUT2D eigenvalue weighted by molar-refractivity contribution is 5.81. The van der Waals surface area contributed by atoms with Gasteiger partial charge in [0, 0.05) is 43.9 Å². The van der Waals surface area contributed by atoms with E-state index in [0.717, 1.165) is 18.1 Å². The van der Waals surface area contributed by atoms with Gasteiger partial charge in [-0.2, -0.15) is 0 Å². The number of nitrogens with one attached hydrogen (secondary N) is 3. The lowest BCUT2D eigenvalue weighted by molar-refractivity contribution is -0.137. The van der Waals surface area contributed by atoms with Crippen LogP contribution in [0.25, 0.3) is 0 Å². The Morgan fingerprint density at radius 1 is 1.20 bits per heavy atom. The summed E-state index contributed by atoms with van der Waals surface area (Å²) in [5.41, 5.74) is 1.01. The van der Waals surface area contributed by atoms with E-state index in [2.05, 4.69) is 64.1 Å². The first-order valence-corrected chi connectivity index (χ1v) is 12.4. The number of aromatic nitrogens is 1. The maximum atomic E-state index is 11.7. The van der Waals surface area contributed by atoms with Crippen LogP contribution in [0.2, 0.25) is 0 Å². The second kappa shape index (κ2) is 11.4. The average Bonchev–Trinajstić information content (AvgIpc) is 3.20. The molecule has 1 fully saturated rings. The number of esters is 1. The lowest BCUT2D eigenvalue weighted by Gasteiger charge is -2.32.